The highest BCUT2D eigenvalue weighted by molar-refractivity contribution is 6.31. The lowest BCUT2D eigenvalue weighted by Crippen LogP contribution is -2.16. The summed E-state index contributed by atoms with van der Waals surface area (Å²) in [5.41, 5.74) is -0.455. The van der Waals surface area contributed by atoms with Gasteiger partial charge in [0.1, 0.15) is 11.4 Å². The number of halogens is 4. The van der Waals surface area contributed by atoms with E-state index in [1.165, 1.54) is 12.1 Å². The lowest BCUT2D eigenvalue weighted by Gasteiger charge is -2.38. The zero-order valence-corrected chi connectivity index (χ0v) is 21.8. The van der Waals surface area contributed by atoms with Crippen molar-refractivity contribution in [1.29, 1.82) is 0 Å². The first kappa shape index (κ1) is 30.2. The van der Waals surface area contributed by atoms with E-state index in [0.29, 0.717) is 11.1 Å². The molecule has 0 amide bonds. The normalized spacial score (nSPS) is 14.4. The van der Waals surface area contributed by atoms with Gasteiger partial charge in [-0.3, -0.25) is 20.8 Å². The molecule has 0 aromatic heterocycles. The summed E-state index contributed by atoms with van der Waals surface area (Å²) in [6, 6.07) is 13.0. The van der Waals surface area contributed by atoms with E-state index < -0.39 is 43.3 Å². The van der Waals surface area contributed by atoms with Crippen LogP contribution < -0.4 is 20.9 Å². The Morgan fingerprint density at radius 1 is 0.526 bits per heavy atom. The Morgan fingerprint density at radius 3 is 1.21 bits per heavy atom. The molecule has 206 valence electrons. The molecule has 0 unspecified atom stereocenters. The Kier molecular flexibility index (Phi) is 10.1. The first-order chi connectivity index (χ1) is 17.8. The van der Waals surface area contributed by atoms with Crippen molar-refractivity contribution in [3.8, 4) is 0 Å². The molecular weight excluding hydrogens is 590 g/mol. The SMILES string of the molecule is [O-]N([O-])c1ccc([C@@H](Cl)[C@@H](Cl)c2cccc([C@H](Cl)[C@@H](Cl)c3ccc(N([O-])[O-])cc3N(O)O)c2)c(N(O)O)c1. The fourth-order valence-corrected chi connectivity index (χ4v) is 4.86. The van der Waals surface area contributed by atoms with Crippen molar-refractivity contribution >= 4 is 69.2 Å². The lowest BCUT2D eigenvalue weighted by molar-refractivity contribution is 0.0280. The van der Waals surface area contributed by atoms with Crippen molar-refractivity contribution in [1.82, 2.24) is 0 Å². The van der Waals surface area contributed by atoms with E-state index in [4.69, 9.17) is 46.4 Å². The fourth-order valence-electron chi connectivity index (χ4n) is 3.66. The van der Waals surface area contributed by atoms with E-state index in [1.807, 2.05) is 0 Å². The Balaban J connectivity index is 1.91. The molecule has 0 fully saturated rings. The molecule has 0 saturated heterocycles. The maximum atomic E-state index is 11.1. The number of nitrogens with zero attached hydrogens (tertiary/aromatic N) is 4. The number of anilines is 4. The summed E-state index contributed by atoms with van der Waals surface area (Å²) in [4.78, 5) is 0. The summed E-state index contributed by atoms with van der Waals surface area (Å²) in [6.07, 6.45) is 0. The van der Waals surface area contributed by atoms with Gasteiger partial charge in [-0.25, -0.2) is 0 Å². The summed E-state index contributed by atoms with van der Waals surface area (Å²) in [5.74, 6) is 0. The van der Waals surface area contributed by atoms with Crippen LogP contribution in [0.25, 0.3) is 0 Å². The summed E-state index contributed by atoms with van der Waals surface area (Å²) in [5, 5.41) is 76.3. The van der Waals surface area contributed by atoms with E-state index >= 15 is 0 Å². The minimum atomic E-state index is -1.09. The maximum absolute atomic E-state index is 11.1. The molecule has 12 nitrogen and oxygen atoms in total. The van der Waals surface area contributed by atoms with E-state index in [-0.39, 0.29) is 33.0 Å². The van der Waals surface area contributed by atoms with E-state index in [1.54, 1.807) is 24.3 Å². The van der Waals surface area contributed by atoms with Crippen LogP contribution in [0.15, 0.2) is 60.7 Å². The molecule has 3 rings (SSSR count). The monoisotopic (exact) mass is 606 g/mol. The molecule has 0 heterocycles. The van der Waals surface area contributed by atoms with Gasteiger partial charge in [0.25, 0.3) is 0 Å². The molecule has 16 heteroatoms. The molecule has 0 aliphatic carbocycles. The highest BCUT2D eigenvalue weighted by atomic mass is 35.5. The average Bonchev–Trinajstić information content (AvgIpc) is 2.90. The zero-order chi connectivity index (χ0) is 28.3. The van der Waals surface area contributed by atoms with Gasteiger partial charge in [0.15, 0.2) is 0 Å². The Bertz CT molecular complexity index is 1160. The van der Waals surface area contributed by atoms with Gasteiger partial charge in [0.05, 0.1) is 21.5 Å². The molecule has 0 saturated carbocycles. The minimum absolute atomic E-state index is 0.0896. The van der Waals surface area contributed by atoms with Crippen LogP contribution in [0.5, 0.6) is 0 Å². The average molecular weight is 608 g/mol. The Labute approximate surface area is 235 Å². The van der Waals surface area contributed by atoms with Crippen LogP contribution in [-0.2, 0) is 0 Å². The maximum Gasteiger partial charge on any atom is 0.101 e. The van der Waals surface area contributed by atoms with Gasteiger partial charge in [0.2, 0.25) is 0 Å². The van der Waals surface area contributed by atoms with Gasteiger partial charge in [-0.1, -0.05) is 36.4 Å². The highest BCUT2D eigenvalue weighted by Gasteiger charge is 2.28. The van der Waals surface area contributed by atoms with Gasteiger partial charge in [-0.2, -0.15) is 0 Å². The summed E-state index contributed by atoms with van der Waals surface area (Å²) in [7, 11) is 0. The van der Waals surface area contributed by atoms with Crippen LogP contribution >= 0.6 is 46.4 Å². The van der Waals surface area contributed by atoms with Crippen molar-refractivity contribution in [2.45, 2.75) is 21.5 Å². The summed E-state index contributed by atoms with van der Waals surface area (Å²) >= 11 is 26.3. The number of hydrogen-bond donors (Lipinski definition) is 4. The molecule has 38 heavy (non-hydrogen) atoms. The van der Waals surface area contributed by atoms with Crippen molar-refractivity contribution in [2.24, 2.45) is 0 Å². The minimum Gasteiger partial charge on any atom is -0.769 e. The quantitative estimate of drug-likeness (QED) is 0.137. The molecule has 0 aliphatic heterocycles. The van der Waals surface area contributed by atoms with E-state index in [0.717, 1.165) is 24.3 Å². The molecular formula is C22H18Cl4N4O8-4. The molecule has 3 aromatic carbocycles. The second-order valence-electron chi connectivity index (χ2n) is 7.86. The topological polar surface area (TPSA) is 186 Å². The smallest absolute Gasteiger partial charge is 0.101 e. The van der Waals surface area contributed by atoms with Gasteiger partial charge >= 0.3 is 0 Å². The predicted octanol–water partition coefficient (Wildman–Crippen LogP) is 6.98. The molecule has 0 bridgehead atoms. The van der Waals surface area contributed by atoms with Gasteiger partial charge in [-0.05, 0) is 35.4 Å². The first-order valence-electron chi connectivity index (χ1n) is 10.4. The highest BCUT2D eigenvalue weighted by Crippen LogP contribution is 2.47. The number of hydrogen-bond acceptors (Lipinski definition) is 12. The Morgan fingerprint density at radius 2 is 0.895 bits per heavy atom. The summed E-state index contributed by atoms with van der Waals surface area (Å²) in [6.45, 7) is 0. The molecule has 4 N–H and O–H groups in total. The van der Waals surface area contributed by atoms with Gasteiger partial charge < -0.3 is 31.3 Å². The van der Waals surface area contributed by atoms with Crippen molar-refractivity contribution in [2.75, 3.05) is 20.9 Å². The zero-order valence-electron chi connectivity index (χ0n) is 18.8. The van der Waals surface area contributed by atoms with Gasteiger partial charge in [-0.15, -0.1) is 56.9 Å². The third kappa shape index (κ3) is 6.63. The molecule has 3 aromatic rings. The molecule has 4 atom stereocenters. The van der Waals surface area contributed by atoms with Crippen LogP contribution in [0, 0.1) is 20.8 Å². The van der Waals surface area contributed by atoms with Crippen molar-refractivity contribution < 1.29 is 20.8 Å². The third-order valence-electron chi connectivity index (χ3n) is 5.54. The largest absolute Gasteiger partial charge is 0.769 e. The first-order valence-corrected chi connectivity index (χ1v) is 12.2. The number of alkyl halides is 4. The third-order valence-corrected chi connectivity index (χ3v) is 7.78. The molecule has 0 aliphatic rings. The summed E-state index contributed by atoms with van der Waals surface area (Å²) < 4.78 is 0. The number of benzene rings is 3. The van der Waals surface area contributed by atoms with Gasteiger partial charge in [0, 0.05) is 22.5 Å². The Hall–Kier alpha value is -2.30. The van der Waals surface area contributed by atoms with Crippen LogP contribution in [0.3, 0.4) is 0 Å². The van der Waals surface area contributed by atoms with Crippen LogP contribution in [0.1, 0.15) is 43.8 Å². The van der Waals surface area contributed by atoms with Crippen LogP contribution in [0.4, 0.5) is 22.7 Å². The molecule has 0 spiro atoms. The van der Waals surface area contributed by atoms with Crippen LogP contribution in [-0.4, -0.2) is 20.8 Å². The number of rotatable bonds is 10. The molecule has 0 radical (unpaired) electrons. The predicted molar refractivity (Wildman–Crippen MR) is 144 cm³/mol. The van der Waals surface area contributed by atoms with Crippen LogP contribution in [0.2, 0.25) is 0 Å². The van der Waals surface area contributed by atoms with E-state index in [2.05, 4.69) is 0 Å². The fraction of sp³-hybridized carbons (Fsp3) is 0.182. The van der Waals surface area contributed by atoms with Crippen molar-refractivity contribution in [3.63, 3.8) is 0 Å². The second-order valence-corrected chi connectivity index (χ2v) is 9.74. The van der Waals surface area contributed by atoms with Crippen molar-refractivity contribution in [3.05, 3.63) is 104 Å². The lowest BCUT2D eigenvalue weighted by atomic mass is 9.96. The standard InChI is InChI=1S/C22H18Cl4N4O8/c23-19(21(25)15-6-4-13(27(31)32)9-17(15)29(35)36)11-2-1-3-12(8-11)20(24)22(26)16-7-5-14(28(33)34)10-18(16)30(37)38/h1-10,19-22,35-38H/q-4/t19-,20-,21-,22+/m0/s1. The van der Waals surface area contributed by atoms with E-state index in [9.17, 15) is 41.7 Å². The second kappa shape index (κ2) is 12.7.